The Kier molecular flexibility index (Phi) is 4.27. The van der Waals surface area contributed by atoms with E-state index in [0.717, 1.165) is 42.8 Å². The number of furan rings is 1. The third kappa shape index (κ3) is 2.84. The van der Waals surface area contributed by atoms with Crippen molar-refractivity contribution in [3.05, 3.63) is 75.5 Å². The summed E-state index contributed by atoms with van der Waals surface area (Å²) in [6.07, 6.45) is 8.06. The van der Waals surface area contributed by atoms with Crippen molar-refractivity contribution in [1.29, 1.82) is 0 Å². The van der Waals surface area contributed by atoms with Crippen molar-refractivity contribution in [1.82, 2.24) is 0 Å². The lowest BCUT2D eigenvalue weighted by molar-refractivity contribution is -0.384. The molecule has 2 aliphatic rings. The molecule has 28 heavy (non-hydrogen) atoms. The number of nitrogens with zero attached hydrogens (tertiary/aromatic N) is 1. The second-order valence-electron chi connectivity index (χ2n) is 7.95. The molecule has 3 aromatic rings. The number of benzene rings is 2. The maximum absolute atomic E-state index is 11.1. The lowest BCUT2D eigenvalue weighted by Gasteiger charge is -2.21. The van der Waals surface area contributed by atoms with Crippen LogP contribution in [0.1, 0.15) is 54.9 Å². The lowest BCUT2D eigenvalue weighted by Crippen LogP contribution is -2.05. The first-order chi connectivity index (χ1) is 13.7. The molecule has 0 saturated heterocycles. The van der Waals surface area contributed by atoms with Gasteiger partial charge >= 0.3 is 0 Å². The molecule has 0 radical (unpaired) electrons. The Hall–Kier alpha value is -2.88. The van der Waals surface area contributed by atoms with Gasteiger partial charge in [-0.1, -0.05) is 43.5 Å². The highest BCUT2D eigenvalue weighted by Crippen LogP contribution is 2.48. The van der Waals surface area contributed by atoms with Crippen molar-refractivity contribution in [2.24, 2.45) is 0 Å². The second-order valence-corrected chi connectivity index (χ2v) is 7.95. The van der Waals surface area contributed by atoms with E-state index in [-0.39, 0.29) is 10.6 Å². The molecule has 1 fully saturated rings. The van der Waals surface area contributed by atoms with Crippen molar-refractivity contribution >= 4 is 5.69 Å². The minimum atomic E-state index is -0.340. The van der Waals surface area contributed by atoms with Gasteiger partial charge in [-0.3, -0.25) is 10.1 Å². The van der Waals surface area contributed by atoms with Gasteiger partial charge in [0.1, 0.15) is 11.5 Å². The number of nitro benzene ring substituents is 1. The minimum Gasteiger partial charge on any atom is -0.460 e. The molecule has 0 amide bonds. The van der Waals surface area contributed by atoms with Crippen LogP contribution in [0.3, 0.4) is 0 Å². The highest BCUT2D eigenvalue weighted by atomic mass is 16.6. The van der Waals surface area contributed by atoms with Gasteiger partial charge in [-0.2, -0.15) is 0 Å². The molecular weight excluding hydrogens is 350 g/mol. The maximum Gasteiger partial charge on any atom is 0.269 e. The fraction of sp³-hybridized carbons (Fsp3) is 0.333. The summed E-state index contributed by atoms with van der Waals surface area (Å²) in [5, 5.41) is 11.1. The summed E-state index contributed by atoms with van der Waals surface area (Å²) in [6, 6.07) is 15.5. The zero-order chi connectivity index (χ0) is 19.1. The molecule has 1 aromatic heterocycles. The van der Waals surface area contributed by atoms with Gasteiger partial charge in [-0.05, 0) is 48.9 Å². The number of aryl methyl sites for hydroxylation is 1. The monoisotopic (exact) mass is 373 g/mol. The Morgan fingerprint density at radius 1 is 0.929 bits per heavy atom. The van der Waals surface area contributed by atoms with Crippen LogP contribution in [0.5, 0.6) is 0 Å². The molecular formula is C24H23NO3. The number of fused-ring (bicyclic) bond motifs is 3. The van der Waals surface area contributed by atoms with Crippen LogP contribution in [-0.4, -0.2) is 4.92 Å². The van der Waals surface area contributed by atoms with Gasteiger partial charge in [0.05, 0.1) is 4.92 Å². The second kappa shape index (κ2) is 6.93. The van der Waals surface area contributed by atoms with E-state index in [4.69, 9.17) is 4.42 Å². The number of non-ortho nitro benzene ring substituents is 1. The van der Waals surface area contributed by atoms with E-state index in [1.165, 1.54) is 41.5 Å². The minimum absolute atomic E-state index is 0.130. The zero-order valence-electron chi connectivity index (χ0n) is 15.8. The van der Waals surface area contributed by atoms with Gasteiger partial charge < -0.3 is 4.42 Å². The Balaban J connectivity index is 1.68. The van der Waals surface area contributed by atoms with Gasteiger partial charge in [0.2, 0.25) is 0 Å². The molecule has 0 aliphatic heterocycles. The summed E-state index contributed by atoms with van der Waals surface area (Å²) in [5.74, 6) is 2.54. The van der Waals surface area contributed by atoms with Crippen molar-refractivity contribution in [3.63, 3.8) is 0 Å². The van der Waals surface area contributed by atoms with Crippen LogP contribution in [0.15, 0.2) is 52.9 Å². The van der Waals surface area contributed by atoms with Crippen molar-refractivity contribution in [2.75, 3.05) is 0 Å². The van der Waals surface area contributed by atoms with E-state index in [2.05, 4.69) is 24.3 Å². The van der Waals surface area contributed by atoms with Crippen LogP contribution >= 0.6 is 0 Å². The van der Waals surface area contributed by atoms with Crippen LogP contribution in [0.4, 0.5) is 5.69 Å². The van der Waals surface area contributed by atoms with Crippen LogP contribution < -0.4 is 0 Å². The lowest BCUT2D eigenvalue weighted by atomic mass is 9.82. The van der Waals surface area contributed by atoms with Gasteiger partial charge in [-0.15, -0.1) is 0 Å². The summed E-state index contributed by atoms with van der Waals surface area (Å²) >= 11 is 0. The Labute approximate surface area is 164 Å². The van der Waals surface area contributed by atoms with Gasteiger partial charge in [0, 0.05) is 34.7 Å². The first kappa shape index (κ1) is 17.2. The van der Waals surface area contributed by atoms with Gasteiger partial charge in [0.25, 0.3) is 5.69 Å². The third-order valence-corrected chi connectivity index (χ3v) is 6.28. The predicted molar refractivity (Wildman–Crippen MR) is 109 cm³/mol. The molecule has 1 heterocycles. The topological polar surface area (TPSA) is 56.3 Å². The van der Waals surface area contributed by atoms with Crippen LogP contribution in [0.25, 0.3) is 22.5 Å². The van der Waals surface area contributed by atoms with Gasteiger partial charge in [0.15, 0.2) is 0 Å². The molecule has 0 spiro atoms. The van der Waals surface area contributed by atoms with E-state index in [1.807, 2.05) is 12.1 Å². The highest BCUT2D eigenvalue weighted by Gasteiger charge is 2.31. The highest BCUT2D eigenvalue weighted by molar-refractivity contribution is 5.81. The molecule has 0 bridgehead atoms. The van der Waals surface area contributed by atoms with Crippen LogP contribution in [0.2, 0.25) is 0 Å². The van der Waals surface area contributed by atoms with E-state index in [1.54, 1.807) is 12.1 Å². The SMILES string of the molecule is O=[N+]([O-])c1ccc(-c2c(C3CCCCC3)oc3c2CCc2ccccc2-3)cc1. The zero-order valence-corrected chi connectivity index (χ0v) is 15.8. The molecule has 142 valence electrons. The number of rotatable bonds is 3. The Morgan fingerprint density at radius 2 is 1.68 bits per heavy atom. The number of hydrogen-bond acceptors (Lipinski definition) is 3. The standard InChI is InChI=1S/C24H23NO3/c26-25(27)19-13-10-17(11-14-19)22-21-15-12-16-6-4-5-9-20(16)24(21)28-23(22)18-7-2-1-3-8-18/h4-6,9-11,13-14,18H,1-3,7-8,12,15H2. The largest absolute Gasteiger partial charge is 0.460 e. The first-order valence-corrected chi connectivity index (χ1v) is 10.2. The van der Waals surface area contributed by atoms with Crippen LogP contribution in [0, 0.1) is 10.1 Å². The first-order valence-electron chi connectivity index (χ1n) is 10.2. The Morgan fingerprint density at radius 3 is 2.43 bits per heavy atom. The molecule has 0 atom stereocenters. The maximum atomic E-state index is 11.1. The van der Waals surface area contributed by atoms with E-state index < -0.39 is 0 Å². The third-order valence-electron chi connectivity index (χ3n) is 6.28. The average Bonchev–Trinajstić information content (AvgIpc) is 3.14. The van der Waals surface area contributed by atoms with Crippen LogP contribution in [-0.2, 0) is 12.8 Å². The predicted octanol–water partition coefficient (Wildman–Crippen LogP) is 6.67. The summed E-state index contributed by atoms with van der Waals surface area (Å²) in [7, 11) is 0. The summed E-state index contributed by atoms with van der Waals surface area (Å²) < 4.78 is 6.60. The summed E-state index contributed by atoms with van der Waals surface area (Å²) in [5.41, 5.74) is 6.17. The fourth-order valence-corrected chi connectivity index (χ4v) is 4.88. The molecule has 4 heteroatoms. The summed E-state index contributed by atoms with van der Waals surface area (Å²) in [6.45, 7) is 0. The number of nitro groups is 1. The summed E-state index contributed by atoms with van der Waals surface area (Å²) in [4.78, 5) is 10.7. The molecule has 5 rings (SSSR count). The van der Waals surface area contributed by atoms with Crippen molar-refractivity contribution < 1.29 is 9.34 Å². The van der Waals surface area contributed by atoms with Crippen molar-refractivity contribution in [3.8, 4) is 22.5 Å². The van der Waals surface area contributed by atoms with Crippen molar-refractivity contribution in [2.45, 2.75) is 50.9 Å². The quantitative estimate of drug-likeness (QED) is 0.380. The Bertz CT molecular complexity index is 1030. The average molecular weight is 373 g/mol. The normalized spacial score (nSPS) is 16.4. The van der Waals surface area contributed by atoms with E-state index >= 15 is 0 Å². The molecule has 2 aromatic carbocycles. The molecule has 0 unspecified atom stereocenters. The number of hydrogen-bond donors (Lipinski definition) is 0. The molecule has 0 N–H and O–H groups in total. The fourth-order valence-electron chi connectivity index (χ4n) is 4.88. The van der Waals surface area contributed by atoms with Gasteiger partial charge in [-0.25, -0.2) is 0 Å². The smallest absolute Gasteiger partial charge is 0.269 e. The van der Waals surface area contributed by atoms with E-state index in [0.29, 0.717) is 5.92 Å². The van der Waals surface area contributed by atoms with E-state index in [9.17, 15) is 10.1 Å². The molecule has 4 nitrogen and oxygen atoms in total. The molecule has 1 saturated carbocycles. The molecule has 2 aliphatic carbocycles.